The average molecular weight is 421 g/mol. The minimum Gasteiger partial charge on any atom is -0.478 e. The summed E-state index contributed by atoms with van der Waals surface area (Å²) in [7, 11) is -6.92. The lowest BCUT2D eigenvalue weighted by molar-refractivity contribution is -0.132. The summed E-state index contributed by atoms with van der Waals surface area (Å²) >= 11 is 0. The zero-order valence-corrected chi connectivity index (χ0v) is 20.0. The van der Waals surface area contributed by atoms with Crippen LogP contribution in [0.1, 0.15) is 74.1 Å². The van der Waals surface area contributed by atoms with Crippen molar-refractivity contribution in [2.45, 2.75) is 96.1 Å². The van der Waals surface area contributed by atoms with E-state index >= 15 is 0 Å². The van der Waals surface area contributed by atoms with Crippen molar-refractivity contribution in [2.75, 3.05) is 0 Å². The van der Waals surface area contributed by atoms with E-state index in [-0.39, 0.29) is 23.5 Å². The largest absolute Gasteiger partial charge is 0.478 e. The summed E-state index contributed by atoms with van der Waals surface area (Å²) in [5, 5.41) is 8.94. The van der Waals surface area contributed by atoms with Crippen molar-refractivity contribution >= 4 is 24.2 Å². The quantitative estimate of drug-likeness (QED) is 0.232. The molecule has 0 heterocycles. The predicted octanol–water partition coefficient (Wildman–Crippen LogP) is 5.54. The third-order valence-electron chi connectivity index (χ3n) is 5.75. The van der Waals surface area contributed by atoms with Crippen molar-refractivity contribution in [3.05, 3.63) is 12.2 Å². The van der Waals surface area contributed by atoms with Crippen molar-refractivity contribution < 1.29 is 22.9 Å². The molecule has 27 heavy (non-hydrogen) atoms. The molecule has 0 aromatic rings. The van der Waals surface area contributed by atoms with Crippen LogP contribution in [0, 0.1) is 11.8 Å². The SMILES string of the molecule is C=C(CCC([Si](CC(C)C)(CC(C)C)C(C)(C)CCC)S(=O)(=O)O)C(=O)O. The summed E-state index contributed by atoms with van der Waals surface area (Å²) in [5.41, 5.74) is -0.00561. The van der Waals surface area contributed by atoms with Gasteiger partial charge in [-0.05, 0) is 29.7 Å². The molecule has 7 heteroatoms. The van der Waals surface area contributed by atoms with E-state index in [4.69, 9.17) is 5.11 Å². The molecule has 0 aromatic carbocycles. The second-order valence-electron chi connectivity index (χ2n) is 9.44. The first kappa shape index (κ1) is 26.3. The van der Waals surface area contributed by atoms with Gasteiger partial charge >= 0.3 is 5.97 Å². The molecule has 0 fully saturated rings. The third kappa shape index (κ3) is 7.35. The van der Waals surface area contributed by atoms with Gasteiger partial charge in [0.2, 0.25) is 0 Å². The predicted molar refractivity (Wildman–Crippen MR) is 115 cm³/mol. The minimum absolute atomic E-state index is 0.00561. The molecule has 160 valence electrons. The molecule has 0 aliphatic rings. The molecule has 0 spiro atoms. The van der Waals surface area contributed by atoms with Crippen LogP contribution in [0.15, 0.2) is 12.2 Å². The number of aliphatic carboxylic acids is 1. The van der Waals surface area contributed by atoms with Crippen molar-refractivity contribution in [3.63, 3.8) is 0 Å². The summed E-state index contributed by atoms with van der Waals surface area (Å²) in [6.45, 7) is 18.3. The second kappa shape index (κ2) is 10.2. The van der Waals surface area contributed by atoms with Gasteiger partial charge in [-0.1, -0.05) is 80.0 Å². The Morgan fingerprint density at radius 2 is 1.56 bits per heavy atom. The van der Waals surface area contributed by atoms with Crippen molar-refractivity contribution in [1.29, 1.82) is 0 Å². The summed E-state index contributed by atoms with van der Waals surface area (Å²) < 4.78 is 35.4. The zero-order chi connectivity index (χ0) is 21.6. The first-order chi connectivity index (χ1) is 12.1. The van der Waals surface area contributed by atoms with Crippen LogP contribution in [0.2, 0.25) is 17.1 Å². The molecular weight excluding hydrogens is 380 g/mol. The third-order valence-corrected chi connectivity index (χ3v) is 16.5. The van der Waals surface area contributed by atoms with Crippen molar-refractivity contribution in [1.82, 2.24) is 0 Å². The lowest BCUT2D eigenvalue weighted by atomic mass is 10.1. The maximum Gasteiger partial charge on any atom is 0.330 e. The summed E-state index contributed by atoms with van der Waals surface area (Å²) in [6, 6.07) is 1.59. The lowest BCUT2D eigenvalue weighted by Gasteiger charge is -2.51. The Morgan fingerprint density at radius 3 is 1.85 bits per heavy atom. The highest BCUT2D eigenvalue weighted by Gasteiger charge is 2.56. The van der Waals surface area contributed by atoms with Gasteiger partial charge in [-0.25, -0.2) is 4.79 Å². The van der Waals surface area contributed by atoms with Crippen LogP contribution in [-0.2, 0) is 14.9 Å². The van der Waals surface area contributed by atoms with Gasteiger partial charge in [0.25, 0.3) is 10.1 Å². The summed E-state index contributed by atoms with van der Waals surface area (Å²) in [4.78, 5) is 10.3. The van der Waals surface area contributed by atoms with Crippen molar-refractivity contribution in [2.24, 2.45) is 11.8 Å². The van der Waals surface area contributed by atoms with E-state index < -0.39 is 29.0 Å². The van der Waals surface area contributed by atoms with Crippen LogP contribution in [0.5, 0.6) is 0 Å². The summed E-state index contributed by atoms with van der Waals surface area (Å²) in [6.07, 6.45) is 2.04. The highest BCUT2D eigenvalue weighted by molar-refractivity contribution is 7.88. The standard InChI is InChI=1S/C20H40O5SSi/c1-9-12-20(7,8)27(13-15(2)3,14-16(4)5)18(26(23,24)25)11-10-17(6)19(21)22/h15-16,18H,6,9-14H2,1-5,7-8H3,(H,21,22)(H,23,24,25). The highest BCUT2D eigenvalue weighted by atomic mass is 32.2. The topological polar surface area (TPSA) is 91.7 Å². The van der Waals surface area contributed by atoms with Crippen LogP contribution in [0.25, 0.3) is 0 Å². The number of hydrogen-bond acceptors (Lipinski definition) is 3. The molecule has 0 saturated heterocycles. The van der Waals surface area contributed by atoms with Gasteiger partial charge in [0.05, 0.1) is 12.9 Å². The second-order valence-corrected chi connectivity index (χ2v) is 16.6. The fourth-order valence-electron chi connectivity index (χ4n) is 4.79. The molecular formula is C20H40O5SSi. The van der Waals surface area contributed by atoms with Crippen LogP contribution in [0.3, 0.4) is 0 Å². The molecule has 2 N–H and O–H groups in total. The smallest absolute Gasteiger partial charge is 0.330 e. The maximum atomic E-state index is 12.6. The number of rotatable bonds is 13. The van der Waals surface area contributed by atoms with E-state index in [9.17, 15) is 17.8 Å². The summed E-state index contributed by atoms with van der Waals surface area (Å²) in [5.74, 6) is -0.506. The van der Waals surface area contributed by atoms with E-state index in [2.05, 4.69) is 55.0 Å². The molecule has 1 atom stereocenters. The van der Waals surface area contributed by atoms with Crippen LogP contribution >= 0.6 is 0 Å². The Morgan fingerprint density at radius 1 is 1.11 bits per heavy atom. The molecule has 0 aromatic heterocycles. The average Bonchev–Trinajstić information content (AvgIpc) is 2.43. The minimum atomic E-state index is -4.31. The first-order valence-corrected chi connectivity index (χ1v) is 14.0. The molecule has 0 radical (unpaired) electrons. The van der Waals surface area contributed by atoms with Gasteiger partial charge in [0.15, 0.2) is 0 Å². The van der Waals surface area contributed by atoms with Crippen LogP contribution in [0.4, 0.5) is 0 Å². The molecule has 0 saturated carbocycles. The van der Waals surface area contributed by atoms with Gasteiger partial charge in [0.1, 0.15) is 0 Å². The van der Waals surface area contributed by atoms with Gasteiger partial charge in [-0.3, -0.25) is 4.55 Å². The molecule has 0 rings (SSSR count). The van der Waals surface area contributed by atoms with Crippen molar-refractivity contribution in [3.8, 4) is 0 Å². The fraction of sp³-hybridized carbons (Fsp3) is 0.850. The Hall–Kier alpha value is -0.663. The fourth-order valence-corrected chi connectivity index (χ4v) is 16.0. The number of carboxylic acids is 1. The Labute approximate surface area is 167 Å². The molecule has 1 unspecified atom stereocenters. The van der Waals surface area contributed by atoms with E-state index in [1.165, 1.54) is 0 Å². The maximum absolute atomic E-state index is 12.6. The Balaban J connectivity index is 6.46. The van der Waals surface area contributed by atoms with Gasteiger partial charge < -0.3 is 5.11 Å². The first-order valence-electron chi connectivity index (χ1n) is 9.98. The highest BCUT2D eigenvalue weighted by Crippen LogP contribution is 2.52. The molecule has 0 amide bonds. The van der Waals surface area contributed by atoms with Gasteiger partial charge in [-0.2, -0.15) is 8.42 Å². The number of hydrogen-bond donors (Lipinski definition) is 2. The number of carboxylic acid groups (broad SMARTS) is 1. The Bertz CT molecular complexity index is 598. The molecule has 0 bridgehead atoms. The van der Waals surface area contributed by atoms with E-state index in [1.807, 2.05) is 0 Å². The van der Waals surface area contributed by atoms with E-state index in [0.29, 0.717) is 11.8 Å². The van der Waals surface area contributed by atoms with E-state index in [0.717, 1.165) is 24.9 Å². The number of carbonyl (C=O) groups is 1. The van der Waals surface area contributed by atoms with Crippen LogP contribution < -0.4 is 0 Å². The normalized spacial score (nSPS) is 14.6. The zero-order valence-electron chi connectivity index (χ0n) is 18.2. The molecule has 0 aliphatic heterocycles. The van der Waals surface area contributed by atoms with Gasteiger partial charge in [0, 0.05) is 5.57 Å². The lowest BCUT2D eigenvalue weighted by Crippen LogP contribution is -2.59. The van der Waals surface area contributed by atoms with E-state index in [1.54, 1.807) is 0 Å². The molecule has 0 aliphatic carbocycles. The molecule has 5 nitrogen and oxygen atoms in total. The van der Waals surface area contributed by atoms with Crippen LogP contribution in [-0.4, -0.2) is 37.0 Å². The van der Waals surface area contributed by atoms with Gasteiger partial charge in [-0.15, -0.1) is 0 Å². The monoisotopic (exact) mass is 420 g/mol. The Kier molecular flexibility index (Phi) is 9.96.